The molecule has 0 aliphatic rings. The maximum Gasteiger partial charge on any atom is 0.164 e. The molecule has 0 aliphatic carbocycles. The van der Waals surface area contributed by atoms with Crippen molar-refractivity contribution in [2.75, 3.05) is 0 Å². The van der Waals surface area contributed by atoms with E-state index in [9.17, 15) is 0 Å². The molecule has 0 atom stereocenters. The summed E-state index contributed by atoms with van der Waals surface area (Å²) in [5.74, 6) is 1.93. The zero-order valence-electron chi connectivity index (χ0n) is 34.1. The van der Waals surface area contributed by atoms with Crippen LogP contribution in [0.5, 0.6) is 0 Å². The SMILES string of the molecule is c1ccc(-c2nc(-c3ccccc3)nc(-c3ccc(-c4cccc(-c5cccc6c7ccc8c(-c9ccccc9)nc9ccccc9c8c7n(-c7ccccc7)c56)c4)cc3)n2)cc1. The molecule has 294 valence electrons. The van der Waals surface area contributed by atoms with Gasteiger partial charge in [0, 0.05) is 60.4 Å². The molecule has 12 rings (SSSR count). The van der Waals surface area contributed by atoms with Crippen LogP contribution in [0.2, 0.25) is 0 Å². The summed E-state index contributed by atoms with van der Waals surface area (Å²) in [6, 6.07) is 78.8. The number of nitrogens with zero attached hydrogens (tertiary/aromatic N) is 5. The largest absolute Gasteiger partial charge is 0.308 e. The van der Waals surface area contributed by atoms with Crippen LogP contribution in [0.25, 0.3) is 117 Å². The highest BCUT2D eigenvalue weighted by atomic mass is 15.0. The minimum Gasteiger partial charge on any atom is -0.308 e. The Morgan fingerprint density at radius 3 is 1.43 bits per heavy atom. The molecule has 3 aromatic heterocycles. The Labute approximate surface area is 364 Å². The number of benzene rings is 9. The van der Waals surface area contributed by atoms with Crippen LogP contribution in [0, 0.1) is 0 Å². The van der Waals surface area contributed by atoms with E-state index in [2.05, 4.69) is 168 Å². The van der Waals surface area contributed by atoms with Crippen molar-refractivity contribution in [1.29, 1.82) is 0 Å². The van der Waals surface area contributed by atoms with Gasteiger partial charge in [-0.05, 0) is 41.0 Å². The van der Waals surface area contributed by atoms with Gasteiger partial charge < -0.3 is 4.57 Å². The van der Waals surface area contributed by atoms with Crippen molar-refractivity contribution < 1.29 is 0 Å². The van der Waals surface area contributed by atoms with Gasteiger partial charge >= 0.3 is 0 Å². The van der Waals surface area contributed by atoms with Gasteiger partial charge in [-0.3, -0.25) is 0 Å². The fourth-order valence-corrected chi connectivity index (χ4v) is 9.09. The number of rotatable bonds is 7. The minimum atomic E-state index is 0.635. The van der Waals surface area contributed by atoms with E-state index >= 15 is 0 Å². The van der Waals surface area contributed by atoms with E-state index in [0.29, 0.717) is 17.5 Å². The van der Waals surface area contributed by atoms with Gasteiger partial charge in [0.1, 0.15) is 0 Å². The Morgan fingerprint density at radius 2 is 0.762 bits per heavy atom. The molecule has 5 nitrogen and oxygen atoms in total. The number of para-hydroxylation sites is 3. The lowest BCUT2D eigenvalue weighted by molar-refractivity contribution is 1.07. The molecule has 3 heterocycles. The number of hydrogen-bond acceptors (Lipinski definition) is 4. The molecular formula is C58H37N5. The molecule has 5 heteroatoms. The van der Waals surface area contributed by atoms with Crippen molar-refractivity contribution in [2.24, 2.45) is 0 Å². The van der Waals surface area contributed by atoms with Crippen molar-refractivity contribution in [3.05, 3.63) is 224 Å². The van der Waals surface area contributed by atoms with Gasteiger partial charge in [0.15, 0.2) is 17.5 Å². The molecular weight excluding hydrogens is 767 g/mol. The Bertz CT molecular complexity index is 3580. The van der Waals surface area contributed by atoms with Crippen molar-refractivity contribution >= 4 is 43.5 Å². The molecule has 0 spiro atoms. The van der Waals surface area contributed by atoms with E-state index in [0.717, 1.165) is 72.2 Å². The second kappa shape index (κ2) is 15.2. The third kappa shape index (κ3) is 6.34. The van der Waals surface area contributed by atoms with E-state index in [1.165, 1.54) is 27.2 Å². The van der Waals surface area contributed by atoms with Crippen LogP contribution in [0.15, 0.2) is 224 Å². The van der Waals surface area contributed by atoms with Crippen LogP contribution < -0.4 is 0 Å². The van der Waals surface area contributed by atoms with Crippen LogP contribution in [0.1, 0.15) is 0 Å². The lowest BCUT2D eigenvalue weighted by Crippen LogP contribution is -2.00. The van der Waals surface area contributed by atoms with Crippen molar-refractivity contribution in [3.63, 3.8) is 0 Å². The average Bonchev–Trinajstić information content (AvgIpc) is 3.72. The zero-order chi connectivity index (χ0) is 41.7. The first-order valence-electron chi connectivity index (χ1n) is 21.2. The maximum atomic E-state index is 5.28. The second-order valence-corrected chi connectivity index (χ2v) is 15.8. The van der Waals surface area contributed by atoms with Crippen molar-refractivity contribution in [3.8, 4) is 73.4 Å². The number of fused-ring (bicyclic) bond motifs is 7. The van der Waals surface area contributed by atoms with E-state index in [-0.39, 0.29) is 0 Å². The van der Waals surface area contributed by atoms with E-state index in [4.69, 9.17) is 19.9 Å². The van der Waals surface area contributed by atoms with E-state index in [1.807, 2.05) is 60.7 Å². The molecule has 0 bridgehead atoms. The van der Waals surface area contributed by atoms with Gasteiger partial charge in [0.2, 0.25) is 0 Å². The van der Waals surface area contributed by atoms with Gasteiger partial charge in [-0.2, -0.15) is 0 Å². The molecule has 12 aromatic rings. The van der Waals surface area contributed by atoms with Gasteiger partial charge in [-0.25, -0.2) is 19.9 Å². The van der Waals surface area contributed by atoms with Crippen LogP contribution >= 0.6 is 0 Å². The molecule has 0 radical (unpaired) electrons. The summed E-state index contributed by atoms with van der Waals surface area (Å²) in [6.45, 7) is 0. The summed E-state index contributed by atoms with van der Waals surface area (Å²) in [6.07, 6.45) is 0. The highest BCUT2D eigenvalue weighted by molar-refractivity contribution is 6.28. The first-order chi connectivity index (χ1) is 31.2. The summed E-state index contributed by atoms with van der Waals surface area (Å²) in [4.78, 5) is 20.1. The second-order valence-electron chi connectivity index (χ2n) is 15.8. The Balaban J connectivity index is 1.02. The summed E-state index contributed by atoms with van der Waals surface area (Å²) in [7, 11) is 0. The first-order valence-corrected chi connectivity index (χ1v) is 21.2. The average molecular weight is 804 g/mol. The third-order valence-corrected chi connectivity index (χ3v) is 12.0. The molecule has 0 fully saturated rings. The van der Waals surface area contributed by atoms with Gasteiger partial charge in [0.05, 0.1) is 22.2 Å². The summed E-state index contributed by atoms with van der Waals surface area (Å²) in [5.41, 5.74) is 13.9. The quantitative estimate of drug-likeness (QED) is 0.151. The molecule has 0 amide bonds. The maximum absolute atomic E-state index is 5.28. The van der Waals surface area contributed by atoms with Crippen molar-refractivity contribution in [2.45, 2.75) is 0 Å². The monoisotopic (exact) mass is 803 g/mol. The smallest absolute Gasteiger partial charge is 0.164 e. The predicted molar refractivity (Wildman–Crippen MR) is 260 cm³/mol. The van der Waals surface area contributed by atoms with Crippen LogP contribution in [-0.2, 0) is 0 Å². The van der Waals surface area contributed by atoms with Gasteiger partial charge in [-0.1, -0.05) is 200 Å². The Kier molecular flexibility index (Phi) is 8.75. The first kappa shape index (κ1) is 36.3. The molecule has 63 heavy (non-hydrogen) atoms. The normalized spacial score (nSPS) is 11.5. The molecule has 0 aliphatic heterocycles. The summed E-state index contributed by atoms with van der Waals surface area (Å²) >= 11 is 0. The molecule has 0 saturated heterocycles. The lowest BCUT2D eigenvalue weighted by Gasteiger charge is -2.15. The van der Waals surface area contributed by atoms with Crippen LogP contribution in [0.4, 0.5) is 0 Å². The highest BCUT2D eigenvalue weighted by Gasteiger charge is 2.22. The predicted octanol–water partition coefficient (Wildman–Crippen LogP) is 14.7. The molecule has 0 N–H and O–H groups in total. The fraction of sp³-hybridized carbons (Fsp3) is 0. The zero-order valence-corrected chi connectivity index (χ0v) is 34.1. The number of pyridine rings is 1. The fourth-order valence-electron chi connectivity index (χ4n) is 9.09. The highest BCUT2D eigenvalue weighted by Crippen LogP contribution is 2.44. The summed E-state index contributed by atoms with van der Waals surface area (Å²) < 4.78 is 2.48. The Morgan fingerprint density at radius 1 is 0.286 bits per heavy atom. The number of aromatic nitrogens is 5. The molecule has 0 unspecified atom stereocenters. The molecule has 9 aromatic carbocycles. The third-order valence-electron chi connectivity index (χ3n) is 12.0. The standard InChI is InChI=1S/C58H37N5/c1-5-17-39(18-6-1)53-50-36-35-48-47-29-16-28-46(54(47)63(45-25-11-4-12-26-45)55(48)52(50)49-27-13-14-30-51(49)59-53)44-24-15-23-43(37-44)38-31-33-42(34-32-38)58-61-56(40-19-7-2-8-20-40)60-57(62-58)41-21-9-3-10-22-41/h1-37H. The number of hydrogen-bond donors (Lipinski definition) is 0. The van der Waals surface area contributed by atoms with Crippen LogP contribution in [-0.4, -0.2) is 24.5 Å². The minimum absolute atomic E-state index is 0.635. The summed E-state index contributed by atoms with van der Waals surface area (Å²) in [5, 5.41) is 5.86. The lowest BCUT2D eigenvalue weighted by atomic mass is 9.96. The van der Waals surface area contributed by atoms with Gasteiger partial charge in [-0.15, -0.1) is 0 Å². The van der Waals surface area contributed by atoms with Crippen molar-refractivity contribution in [1.82, 2.24) is 24.5 Å². The van der Waals surface area contributed by atoms with Gasteiger partial charge in [0.25, 0.3) is 0 Å². The van der Waals surface area contributed by atoms with E-state index < -0.39 is 0 Å². The van der Waals surface area contributed by atoms with E-state index in [1.54, 1.807) is 0 Å². The van der Waals surface area contributed by atoms with Crippen LogP contribution in [0.3, 0.4) is 0 Å². The Hall–Kier alpha value is -8.54. The molecule has 0 saturated carbocycles. The topological polar surface area (TPSA) is 56.5 Å².